The Kier molecular flexibility index (Phi) is 3.23. The van der Waals surface area contributed by atoms with Crippen molar-refractivity contribution in [2.75, 3.05) is 13.1 Å². The number of hydrogen-bond donors (Lipinski definition) is 1. The van der Waals surface area contributed by atoms with Crippen LogP contribution in [-0.4, -0.2) is 30.1 Å². The highest BCUT2D eigenvalue weighted by Crippen LogP contribution is 2.30. The van der Waals surface area contributed by atoms with Crippen molar-refractivity contribution in [3.05, 3.63) is 0 Å². The third kappa shape index (κ3) is 2.05. The summed E-state index contributed by atoms with van der Waals surface area (Å²) in [6.07, 6.45) is 9.82. The van der Waals surface area contributed by atoms with Crippen molar-refractivity contribution in [3.63, 3.8) is 0 Å². The van der Waals surface area contributed by atoms with Crippen LogP contribution < -0.4 is 5.73 Å². The summed E-state index contributed by atoms with van der Waals surface area (Å²) in [7, 11) is 0. The Hall–Kier alpha value is -0.0800. The predicted octanol–water partition coefficient (Wildman–Crippen LogP) is 1.74. The zero-order valence-corrected chi connectivity index (χ0v) is 8.54. The Bertz CT molecular complexity index is 152. The summed E-state index contributed by atoms with van der Waals surface area (Å²) in [5.74, 6) is 0. The van der Waals surface area contributed by atoms with Crippen molar-refractivity contribution in [1.29, 1.82) is 0 Å². The molecular weight excluding hydrogens is 160 g/mol. The molecule has 1 saturated heterocycles. The average Bonchev–Trinajstić information content (AvgIpc) is 2.71. The van der Waals surface area contributed by atoms with Crippen molar-refractivity contribution >= 4 is 0 Å². The Morgan fingerprint density at radius 1 is 1.08 bits per heavy atom. The Balaban J connectivity index is 1.88. The van der Waals surface area contributed by atoms with Crippen LogP contribution in [0.1, 0.15) is 44.9 Å². The van der Waals surface area contributed by atoms with Crippen molar-refractivity contribution in [1.82, 2.24) is 4.90 Å². The molecule has 2 fully saturated rings. The predicted molar refractivity (Wildman–Crippen MR) is 55.7 cm³/mol. The van der Waals surface area contributed by atoms with Crippen LogP contribution in [0.3, 0.4) is 0 Å². The molecule has 2 aliphatic rings. The molecule has 1 heterocycles. The molecule has 1 saturated carbocycles. The van der Waals surface area contributed by atoms with Crippen molar-refractivity contribution < 1.29 is 0 Å². The minimum atomic E-state index is 0.827. The molecule has 0 spiro atoms. The summed E-state index contributed by atoms with van der Waals surface area (Å²) in [6, 6.07) is 1.74. The summed E-state index contributed by atoms with van der Waals surface area (Å²) in [4.78, 5) is 2.75. The molecule has 0 amide bonds. The van der Waals surface area contributed by atoms with Gasteiger partial charge in [-0.2, -0.15) is 0 Å². The summed E-state index contributed by atoms with van der Waals surface area (Å²) < 4.78 is 0. The van der Waals surface area contributed by atoms with Gasteiger partial charge in [0, 0.05) is 12.1 Å². The van der Waals surface area contributed by atoms with Crippen LogP contribution in [0.5, 0.6) is 0 Å². The van der Waals surface area contributed by atoms with E-state index in [0.29, 0.717) is 0 Å². The lowest BCUT2D eigenvalue weighted by Crippen LogP contribution is -2.38. The van der Waals surface area contributed by atoms with E-state index in [-0.39, 0.29) is 0 Å². The van der Waals surface area contributed by atoms with Crippen LogP contribution in [0, 0.1) is 0 Å². The first-order valence-electron chi connectivity index (χ1n) is 5.87. The summed E-state index contributed by atoms with van der Waals surface area (Å²) in [5, 5.41) is 0. The molecular formula is C11H22N2. The van der Waals surface area contributed by atoms with Crippen molar-refractivity contribution in [2.45, 2.75) is 57.0 Å². The molecule has 0 aromatic carbocycles. The van der Waals surface area contributed by atoms with Crippen LogP contribution in [-0.2, 0) is 0 Å². The Morgan fingerprint density at radius 3 is 2.54 bits per heavy atom. The smallest absolute Gasteiger partial charge is 0.0111 e. The van der Waals surface area contributed by atoms with E-state index in [1.807, 2.05) is 0 Å². The molecule has 13 heavy (non-hydrogen) atoms. The first kappa shape index (κ1) is 9.47. The molecule has 2 N–H and O–H groups in total. The monoisotopic (exact) mass is 182 g/mol. The highest BCUT2D eigenvalue weighted by molar-refractivity contribution is 4.87. The second-order valence-corrected chi connectivity index (χ2v) is 4.55. The maximum Gasteiger partial charge on any atom is 0.0111 e. The van der Waals surface area contributed by atoms with Gasteiger partial charge in [0.25, 0.3) is 0 Å². The lowest BCUT2D eigenvalue weighted by atomic mass is 10.1. The fourth-order valence-corrected chi connectivity index (χ4v) is 3.08. The Labute approximate surface area is 81.5 Å². The minimum Gasteiger partial charge on any atom is -0.330 e. The van der Waals surface area contributed by atoms with E-state index >= 15 is 0 Å². The molecule has 2 heteroatoms. The van der Waals surface area contributed by atoms with Gasteiger partial charge in [-0.15, -0.1) is 0 Å². The Morgan fingerprint density at radius 2 is 1.85 bits per heavy atom. The maximum absolute atomic E-state index is 5.64. The molecule has 0 aromatic rings. The van der Waals surface area contributed by atoms with Crippen LogP contribution in [0.25, 0.3) is 0 Å². The normalized spacial score (nSPS) is 31.6. The van der Waals surface area contributed by atoms with Crippen LogP contribution in [0.15, 0.2) is 0 Å². The molecule has 1 aliphatic heterocycles. The van der Waals surface area contributed by atoms with E-state index < -0.39 is 0 Å². The molecule has 0 unspecified atom stereocenters. The summed E-state index contributed by atoms with van der Waals surface area (Å²) >= 11 is 0. The van der Waals surface area contributed by atoms with Gasteiger partial charge in [0.1, 0.15) is 0 Å². The summed E-state index contributed by atoms with van der Waals surface area (Å²) in [5.41, 5.74) is 5.64. The largest absolute Gasteiger partial charge is 0.330 e. The van der Waals surface area contributed by atoms with E-state index in [0.717, 1.165) is 18.6 Å². The topological polar surface area (TPSA) is 29.3 Å². The van der Waals surface area contributed by atoms with Gasteiger partial charge < -0.3 is 5.73 Å². The third-order valence-electron chi connectivity index (χ3n) is 3.72. The molecule has 0 bridgehead atoms. The number of nitrogens with zero attached hydrogens (tertiary/aromatic N) is 1. The molecule has 76 valence electrons. The lowest BCUT2D eigenvalue weighted by Gasteiger charge is -2.30. The SMILES string of the molecule is NCC[C@@H]1CCCN1C1CCCC1. The minimum absolute atomic E-state index is 0.827. The molecule has 2 nitrogen and oxygen atoms in total. The van der Waals surface area contributed by atoms with E-state index in [1.54, 1.807) is 0 Å². The number of likely N-dealkylation sites (tertiary alicyclic amines) is 1. The lowest BCUT2D eigenvalue weighted by molar-refractivity contribution is 0.176. The quantitative estimate of drug-likeness (QED) is 0.720. The van der Waals surface area contributed by atoms with Gasteiger partial charge in [-0.05, 0) is 45.2 Å². The fraction of sp³-hybridized carbons (Fsp3) is 1.00. The van der Waals surface area contributed by atoms with Crippen LogP contribution in [0.4, 0.5) is 0 Å². The maximum atomic E-state index is 5.64. The molecule has 0 aromatic heterocycles. The van der Waals surface area contributed by atoms with Crippen LogP contribution >= 0.6 is 0 Å². The molecule has 2 rings (SSSR count). The van der Waals surface area contributed by atoms with Gasteiger partial charge >= 0.3 is 0 Å². The van der Waals surface area contributed by atoms with Crippen molar-refractivity contribution in [3.8, 4) is 0 Å². The van der Waals surface area contributed by atoms with Gasteiger partial charge in [0.15, 0.2) is 0 Å². The number of rotatable bonds is 3. The first-order valence-corrected chi connectivity index (χ1v) is 5.87. The van der Waals surface area contributed by atoms with E-state index in [2.05, 4.69) is 4.90 Å². The van der Waals surface area contributed by atoms with Gasteiger partial charge in [-0.1, -0.05) is 12.8 Å². The zero-order valence-electron chi connectivity index (χ0n) is 8.54. The van der Waals surface area contributed by atoms with Gasteiger partial charge in [0.2, 0.25) is 0 Å². The van der Waals surface area contributed by atoms with Gasteiger partial charge in [-0.25, -0.2) is 0 Å². The van der Waals surface area contributed by atoms with E-state index in [1.165, 1.54) is 51.5 Å². The van der Waals surface area contributed by atoms with E-state index in [4.69, 9.17) is 5.73 Å². The highest BCUT2D eigenvalue weighted by Gasteiger charge is 2.31. The van der Waals surface area contributed by atoms with Crippen LogP contribution in [0.2, 0.25) is 0 Å². The summed E-state index contributed by atoms with van der Waals surface area (Å²) in [6.45, 7) is 2.21. The van der Waals surface area contributed by atoms with Gasteiger partial charge in [-0.3, -0.25) is 4.90 Å². The molecule has 1 aliphatic carbocycles. The number of hydrogen-bond acceptors (Lipinski definition) is 2. The second-order valence-electron chi connectivity index (χ2n) is 4.55. The highest BCUT2D eigenvalue weighted by atomic mass is 15.2. The number of nitrogens with two attached hydrogens (primary N) is 1. The zero-order chi connectivity index (χ0) is 9.10. The molecule has 1 atom stereocenters. The average molecular weight is 182 g/mol. The van der Waals surface area contributed by atoms with Crippen molar-refractivity contribution in [2.24, 2.45) is 5.73 Å². The first-order chi connectivity index (χ1) is 6.42. The molecule has 0 radical (unpaired) electrons. The van der Waals surface area contributed by atoms with Gasteiger partial charge in [0.05, 0.1) is 0 Å². The van der Waals surface area contributed by atoms with E-state index in [9.17, 15) is 0 Å². The standard InChI is InChI=1S/C11H22N2/c12-8-7-11-6-3-9-13(11)10-4-1-2-5-10/h10-11H,1-9,12H2/t11-/m0/s1. The third-order valence-corrected chi connectivity index (χ3v) is 3.72. The second kappa shape index (κ2) is 4.43. The fourth-order valence-electron chi connectivity index (χ4n) is 3.08.